The van der Waals surface area contributed by atoms with E-state index in [-0.39, 0.29) is 11.3 Å². The van der Waals surface area contributed by atoms with Crippen LogP contribution in [0.25, 0.3) is 0 Å². The average Bonchev–Trinajstić information content (AvgIpc) is 2.68. The lowest BCUT2D eigenvalue weighted by Gasteiger charge is -2.13. The van der Waals surface area contributed by atoms with Crippen molar-refractivity contribution in [2.75, 3.05) is 11.3 Å². The fourth-order valence-corrected chi connectivity index (χ4v) is 3.84. The molecule has 0 fully saturated rings. The lowest BCUT2D eigenvalue weighted by Crippen LogP contribution is -2.27. The average molecular weight is 416 g/mol. The fraction of sp³-hybridized carbons (Fsp3) is 0.0952. The molecular weight excluding hydrogens is 398 g/mol. The first-order valence-electron chi connectivity index (χ1n) is 8.75. The topological polar surface area (TPSA) is 75.3 Å². The minimum Gasteiger partial charge on any atom is -0.352 e. The van der Waals surface area contributed by atoms with Gasteiger partial charge in [-0.3, -0.25) is 9.52 Å². The SMILES string of the molecule is O=C(NCCc1ccccc1)c1ccccc1NS(=O)(=O)c1cc(F)cc(F)c1. The second kappa shape index (κ2) is 8.83. The molecule has 0 aliphatic rings. The van der Waals surface area contributed by atoms with Crippen LogP contribution in [0.4, 0.5) is 14.5 Å². The molecule has 3 aromatic rings. The molecule has 0 aliphatic carbocycles. The third-order valence-electron chi connectivity index (χ3n) is 4.10. The second-order valence-corrected chi connectivity index (χ2v) is 7.93. The Balaban J connectivity index is 1.75. The first-order chi connectivity index (χ1) is 13.8. The molecular formula is C21H18F2N2O3S. The number of carbonyl (C=O) groups excluding carboxylic acids is 1. The van der Waals surface area contributed by atoms with Crippen molar-refractivity contribution in [3.63, 3.8) is 0 Å². The highest BCUT2D eigenvalue weighted by Crippen LogP contribution is 2.21. The van der Waals surface area contributed by atoms with E-state index in [1.165, 1.54) is 12.1 Å². The van der Waals surface area contributed by atoms with Crippen LogP contribution in [-0.2, 0) is 16.4 Å². The van der Waals surface area contributed by atoms with Gasteiger partial charge in [-0.2, -0.15) is 0 Å². The van der Waals surface area contributed by atoms with E-state index in [1.54, 1.807) is 12.1 Å². The third-order valence-corrected chi connectivity index (χ3v) is 5.45. The van der Waals surface area contributed by atoms with Crippen LogP contribution in [0.5, 0.6) is 0 Å². The number of anilines is 1. The molecule has 0 atom stereocenters. The Labute approximate surface area is 167 Å². The number of hydrogen-bond donors (Lipinski definition) is 2. The van der Waals surface area contributed by atoms with Crippen LogP contribution in [-0.4, -0.2) is 20.9 Å². The monoisotopic (exact) mass is 416 g/mol. The molecule has 150 valence electrons. The summed E-state index contributed by atoms with van der Waals surface area (Å²) in [6, 6.07) is 17.5. The van der Waals surface area contributed by atoms with Crippen molar-refractivity contribution in [2.24, 2.45) is 0 Å². The van der Waals surface area contributed by atoms with Crippen LogP contribution in [0.15, 0.2) is 77.7 Å². The van der Waals surface area contributed by atoms with Crippen LogP contribution in [0, 0.1) is 11.6 Å². The van der Waals surface area contributed by atoms with Crippen molar-refractivity contribution in [2.45, 2.75) is 11.3 Å². The first kappa shape index (κ1) is 20.5. The molecule has 1 amide bonds. The van der Waals surface area contributed by atoms with Gasteiger partial charge >= 0.3 is 0 Å². The predicted octanol–water partition coefficient (Wildman–Crippen LogP) is 3.74. The number of amides is 1. The Morgan fingerprint density at radius 3 is 2.17 bits per heavy atom. The van der Waals surface area contributed by atoms with Crippen LogP contribution in [0.3, 0.4) is 0 Å². The summed E-state index contributed by atoms with van der Waals surface area (Å²) in [6.45, 7) is 0.360. The highest BCUT2D eigenvalue weighted by molar-refractivity contribution is 7.92. The van der Waals surface area contributed by atoms with Crippen molar-refractivity contribution in [3.05, 3.63) is 95.6 Å². The van der Waals surface area contributed by atoms with Gasteiger partial charge in [0.2, 0.25) is 0 Å². The number of nitrogens with one attached hydrogen (secondary N) is 2. The molecule has 0 radical (unpaired) electrons. The van der Waals surface area contributed by atoms with E-state index in [2.05, 4.69) is 10.0 Å². The molecule has 0 heterocycles. The number of halogens is 2. The van der Waals surface area contributed by atoms with Gasteiger partial charge in [0.05, 0.1) is 16.1 Å². The minimum absolute atomic E-state index is 0.00869. The van der Waals surface area contributed by atoms with E-state index in [9.17, 15) is 22.0 Å². The molecule has 2 N–H and O–H groups in total. The molecule has 3 aromatic carbocycles. The Morgan fingerprint density at radius 1 is 0.862 bits per heavy atom. The fourth-order valence-electron chi connectivity index (χ4n) is 2.72. The van der Waals surface area contributed by atoms with E-state index in [4.69, 9.17) is 0 Å². The van der Waals surface area contributed by atoms with Crippen LogP contribution < -0.4 is 10.0 Å². The normalized spacial score (nSPS) is 11.1. The molecule has 0 aliphatic heterocycles. The van der Waals surface area contributed by atoms with E-state index in [0.29, 0.717) is 31.2 Å². The number of sulfonamides is 1. The van der Waals surface area contributed by atoms with Gasteiger partial charge in [0, 0.05) is 12.6 Å². The van der Waals surface area contributed by atoms with E-state index >= 15 is 0 Å². The van der Waals surface area contributed by atoms with Crippen molar-refractivity contribution in [3.8, 4) is 0 Å². The lowest BCUT2D eigenvalue weighted by atomic mass is 10.1. The van der Waals surface area contributed by atoms with Gasteiger partial charge in [0.25, 0.3) is 15.9 Å². The summed E-state index contributed by atoms with van der Waals surface area (Å²) in [4.78, 5) is 11.9. The minimum atomic E-state index is -4.29. The van der Waals surface area contributed by atoms with E-state index in [0.717, 1.165) is 5.56 Å². The highest BCUT2D eigenvalue weighted by Gasteiger charge is 2.20. The van der Waals surface area contributed by atoms with Gasteiger partial charge in [-0.1, -0.05) is 42.5 Å². The quantitative estimate of drug-likeness (QED) is 0.616. The largest absolute Gasteiger partial charge is 0.352 e. The molecule has 0 saturated heterocycles. The number of para-hydroxylation sites is 1. The van der Waals surface area contributed by atoms with Crippen LogP contribution in [0.1, 0.15) is 15.9 Å². The van der Waals surface area contributed by atoms with Gasteiger partial charge < -0.3 is 5.32 Å². The zero-order chi connectivity index (χ0) is 20.9. The van der Waals surface area contributed by atoms with E-state index in [1.807, 2.05) is 30.3 Å². The predicted molar refractivity (Wildman–Crippen MR) is 106 cm³/mol. The summed E-state index contributed by atoms with van der Waals surface area (Å²) in [7, 11) is -4.29. The molecule has 0 saturated carbocycles. The maximum atomic E-state index is 13.4. The number of hydrogen-bond acceptors (Lipinski definition) is 3. The Kier molecular flexibility index (Phi) is 6.23. The summed E-state index contributed by atoms with van der Waals surface area (Å²) in [6.07, 6.45) is 0.614. The van der Waals surface area contributed by atoms with Crippen molar-refractivity contribution < 1.29 is 22.0 Å². The molecule has 3 rings (SSSR count). The molecule has 0 aromatic heterocycles. The van der Waals surface area contributed by atoms with Gasteiger partial charge in [0.1, 0.15) is 11.6 Å². The second-order valence-electron chi connectivity index (χ2n) is 6.25. The van der Waals surface area contributed by atoms with Crippen molar-refractivity contribution >= 4 is 21.6 Å². The zero-order valence-electron chi connectivity index (χ0n) is 15.2. The molecule has 0 spiro atoms. The molecule has 8 heteroatoms. The Morgan fingerprint density at radius 2 is 1.48 bits per heavy atom. The van der Waals surface area contributed by atoms with Gasteiger partial charge in [-0.05, 0) is 36.2 Å². The Hall–Kier alpha value is -3.26. The van der Waals surface area contributed by atoms with Crippen molar-refractivity contribution in [1.29, 1.82) is 0 Å². The van der Waals surface area contributed by atoms with Crippen molar-refractivity contribution in [1.82, 2.24) is 5.32 Å². The molecule has 5 nitrogen and oxygen atoms in total. The van der Waals surface area contributed by atoms with Gasteiger partial charge in [-0.15, -0.1) is 0 Å². The molecule has 0 bridgehead atoms. The smallest absolute Gasteiger partial charge is 0.262 e. The first-order valence-corrected chi connectivity index (χ1v) is 10.2. The highest BCUT2D eigenvalue weighted by atomic mass is 32.2. The standard InChI is InChI=1S/C21H18F2N2O3S/c22-16-12-17(23)14-18(13-16)29(27,28)25-20-9-5-4-8-19(20)21(26)24-11-10-15-6-2-1-3-7-15/h1-9,12-14,25H,10-11H2,(H,24,26). The number of benzene rings is 3. The zero-order valence-corrected chi connectivity index (χ0v) is 16.0. The summed E-state index contributed by atoms with van der Waals surface area (Å²) in [5, 5.41) is 2.74. The molecule has 29 heavy (non-hydrogen) atoms. The van der Waals surface area contributed by atoms with Crippen LogP contribution >= 0.6 is 0 Å². The van der Waals surface area contributed by atoms with Gasteiger partial charge in [0.15, 0.2) is 0 Å². The summed E-state index contributed by atoms with van der Waals surface area (Å²) in [5.41, 5.74) is 1.16. The summed E-state index contributed by atoms with van der Waals surface area (Å²) in [5.74, 6) is -2.50. The van der Waals surface area contributed by atoms with Crippen LogP contribution in [0.2, 0.25) is 0 Å². The number of carbonyl (C=O) groups is 1. The maximum Gasteiger partial charge on any atom is 0.262 e. The van der Waals surface area contributed by atoms with E-state index < -0.39 is 32.5 Å². The molecule has 0 unspecified atom stereocenters. The summed E-state index contributed by atoms with van der Waals surface area (Å²) < 4.78 is 54.0. The lowest BCUT2D eigenvalue weighted by molar-refractivity contribution is 0.0955. The summed E-state index contributed by atoms with van der Waals surface area (Å²) >= 11 is 0. The third kappa shape index (κ3) is 5.39. The maximum absolute atomic E-state index is 13.4. The number of rotatable bonds is 7. The van der Waals surface area contributed by atoms with Gasteiger partial charge in [-0.25, -0.2) is 17.2 Å². The Bertz CT molecular complexity index is 1100.